The van der Waals surface area contributed by atoms with E-state index in [-0.39, 0.29) is 23.9 Å². The van der Waals surface area contributed by atoms with Gasteiger partial charge in [0.25, 0.3) is 11.6 Å². The molecule has 1 N–H and O–H groups in total. The van der Waals surface area contributed by atoms with Crippen LogP contribution in [0.2, 0.25) is 0 Å². The Kier molecular flexibility index (Phi) is 4.14. The fraction of sp³-hybridized carbons (Fsp3) is 0.471. The smallest absolute Gasteiger partial charge is 0.293 e. The van der Waals surface area contributed by atoms with Gasteiger partial charge in [-0.2, -0.15) is 0 Å². The Hall–Kier alpha value is -2.45. The molecular formula is C17H19N3O5. The molecule has 0 bridgehead atoms. The average Bonchev–Trinajstić information content (AvgIpc) is 3.30. The van der Waals surface area contributed by atoms with Crippen molar-refractivity contribution in [3.05, 3.63) is 40.1 Å². The molecule has 2 fully saturated rings. The highest BCUT2D eigenvalue weighted by atomic mass is 16.7. The van der Waals surface area contributed by atoms with Gasteiger partial charge in [0.2, 0.25) is 0 Å². The lowest BCUT2D eigenvalue weighted by Gasteiger charge is -2.37. The molecule has 1 aromatic heterocycles. The Morgan fingerprint density at radius 3 is 2.84 bits per heavy atom. The Balaban J connectivity index is 1.66. The third-order valence-electron chi connectivity index (χ3n) is 4.83. The quantitative estimate of drug-likeness (QED) is 0.680. The van der Waals surface area contributed by atoms with Crippen molar-refractivity contribution in [2.24, 2.45) is 0 Å². The lowest BCUT2D eigenvalue weighted by molar-refractivity contribution is -0.383. The van der Waals surface area contributed by atoms with Crippen LogP contribution in [0.3, 0.4) is 0 Å². The van der Waals surface area contributed by atoms with E-state index in [1.807, 2.05) is 0 Å². The second kappa shape index (κ2) is 6.45. The molecule has 0 spiro atoms. The molecule has 2 saturated heterocycles. The molecule has 0 saturated carbocycles. The Bertz CT molecular complexity index is 812. The molecule has 0 radical (unpaired) electrons. The van der Waals surface area contributed by atoms with Crippen molar-refractivity contribution in [3.63, 3.8) is 0 Å². The first-order valence-corrected chi connectivity index (χ1v) is 8.45. The number of nitro benzene ring substituents is 1. The SMILES string of the molecule is O=C(c1cc2cccc([N+](=O)[O-])c2[nH]1)N1CCCC[C@H]1C1OCCO1. The number of para-hydroxylation sites is 1. The minimum Gasteiger partial charge on any atom is -0.348 e. The monoisotopic (exact) mass is 345 g/mol. The van der Waals surface area contributed by atoms with Gasteiger partial charge in [-0.3, -0.25) is 14.9 Å². The first kappa shape index (κ1) is 16.0. The third kappa shape index (κ3) is 2.87. The van der Waals surface area contributed by atoms with Gasteiger partial charge in [-0.25, -0.2) is 0 Å². The number of hydrogen-bond acceptors (Lipinski definition) is 5. The van der Waals surface area contributed by atoms with Crippen LogP contribution in [0.1, 0.15) is 29.8 Å². The van der Waals surface area contributed by atoms with Crippen LogP contribution in [0.4, 0.5) is 5.69 Å². The minimum absolute atomic E-state index is 0.0331. The number of carbonyl (C=O) groups excluding carboxylic acids is 1. The normalized spacial score (nSPS) is 21.8. The predicted molar refractivity (Wildman–Crippen MR) is 89.3 cm³/mol. The standard InChI is InChI=1S/C17H19N3O5/c21-16(19-7-2-1-5-14(19)17-24-8-9-25-17)12-10-11-4-3-6-13(20(22)23)15(11)18-12/h3-4,6,10,14,17-18H,1-2,5,7-9H2/t14-/m0/s1. The van der Waals surface area contributed by atoms with Crippen LogP contribution in [-0.2, 0) is 9.47 Å². The molecule has 0 aliphatic carbocycles. The number of fused-ring (bicyclic) bond motifs is 1. The summed E-state index contributed by atoms with van der Waals surface area (Å²) in [7, 11) is 0. The Morgan fingerprint density at radius 1 is 1.28 bits per heavy atom. The number of benzene rings is 1. The van der Waals surface area contributed by atoms with E-state index in [1.165, 1.54) is 6.07 Å². The highest BCUT2D eigenvalue weighted by Gasteiger charge is 2.37. The first-order chi connectivity index (χ1) is 12.1. The third-order valence-corrected chi connectivity index (χ3v) is 4.83. The van der Waals surface area contributed by atoms with Gasteiger partial charge < -0.3 is 19.4 Å². The van der Waals surface area contributed by atoms with Crippen molar-refractivity contribution in [2.75, 3.05) is 19.8 Å². The van der Waals surface area contributed by atoms with Crippen LogP contribution in [0.15, 0.2) is 24.3 Å². The number of non-ortho nitro benzene ring substituents is 1. The molecule has 2 aromatic rings. The highest BCUT2D eigenvalue weighted by molar-refractivity contribution is 6.00. The van der Waals surface area contributed by atoms with Gasteiger partial charge in [-0.05, 0) is 25.3 Å². The summed E-state index contributed by atoms with van der Waals surface area (Å²) in [6, 6.07) is 6.35. The number of nitro groups is 1. The second-order valence-corrected chi connectivity index (χ2v) is 6.35. The molecule has 2 aliphatic rings. The number of hydrogen-bond donors (Lipinski definition) is 1. The second-order valence-electron chi connectivity index (χ2n) is 6.35. The molecule has 1 atom stereocenters. The number of aromatic nitrogens is 1. The lowest BCUT2D eigenvalue weighted by atomic mass is 10.0. The van der Waals surface area contributed by atoms with E-state index >= 15 is 0 Å². The van der Waals surface area contributed by atoms with Crippen LogP contribution in [-0.4, -0.2) is 52.8 Å². The Morgan fingerprint density at radius 2 is 2.08 bits per heavy atom. The summed E-state index contributed by atoms with van der Waals surface area (Å²) in [5.74, 6) is -0.172. The molecule has 25 heavy (non-hydrogen) atoms. The largest absolute Gasteiger partial charge is 0.348 e. The minimum atomic E-state index is -0.447. The summed E-state index contributed by atoms with van der Waals surface area (Å²) in [6.45, 7) is 1.72. The summed E-state index contributed by atoms with van der Waals surface area (Å²) in [5.41, 5.74) is 0.696. The van der Waals surface area contributed by atoms with E-state index in [0.717, 1.165) is 19.3 Å². The lowest BCUT2D eigenvalue weighted by Crippen LogP contribution is -2.50. The highest BCUT2D eigenvalue weighted by Crippen LogP contribution is 2.29. The molecule has 8 heteroatoms. The zero-order chi connectivity index (χ0) is 17.4. The van der Waals surface area contributed by atoms with Crippen LogP contribution in [0, 0.1) is 10.1 Å². The number of nitrogens with one attached hydrogen (secondary N) is 1. The maximum Gasteiger partial charge on any atom is 0.293 e. The van der Waals surface area contributed by atoms with Crippen LogP contribution >= 0.6 is 0 Å². The zero-order valence-electron chi connectivity index (χ0n) is 13.6. The first-order valence-electron chi connectivity index (χ1n) is 8.45. The van der Waals surface area contributed by atoms with Crippen molar-refractivity contribution in [2.45, 2.75) is 31.6 Å². The number of H-pyrrole nitrogens is 1. The van der Waals surface area contributed by atoms with Crippen molar-refractivity contribution < 1.29 is 19.2 Å². The molecular weight excluding hydrogens is 326 g/mol. The van der Waals surface area contributed by atoms with Crippen LogP contribution in [0.5, 0.6) is 0 Å². The van der Waals surface area contributed by atoms with E-state index in [0.29, 0.717) is 36.4 Å². The molecule has 132 valence electrons. The molecule has 1 amide bonds. The van der Waals surface area contributed by atoms with Gasteiger partial charge in [-0.15, -0.1) is 0 Å². The van der Waals surface area contributed by atoms with E-state index in [4.69, 9.17) is 9.47 Å². The topological polar surface area (TPSA) is 97.7 Å². The van der Waals surface area contributed by atoms with E-state index < -0.39 is 4.92 Å². The molecule has 2 aliphatic heterocycles. The van der Waals surface area contributed by atoms with Gasteiger partial charge in [0, 0.05) is 18.0 Å². The number of piperidine rings is 1. The van der Waals surface area contributed by atoms with Gasteiger partial charge in [-0.1, -0.05) is 12.1 Å². The zero-order valence-corrected chi connectivity index (χ0v) is 13.6. The number of amides is 1. The van der Waals surface area contributed by atoms with E-state index in [9.17, 15) is 14.9 Å². The van der Waals surface area contributed by atoms with Crippen molar-refractivity contribution in [1.82, 2.24) is 9.88 Å². The number of carbonyl (C=O) groups is 1. The van der Waals surface area contributed by atoms with Crippen molar-refractivity contribution in [3.8, 4) is 0 Å². The van der Waals surface area contributed by atoms with E-state index in [1.54, 1.807) is 23.1 Å². The van der Waals surface area contributed by atoms with Gasteiger partial charge in [0.15, 0.2) is 6.29 Å². The fourth-order valence-electron chi connectivity index (χ4n) is 3.65. The molecule has 4 rings (SSSR count). The van der Waals surface area contributed by atoms with Crippen molar-refractivity contribution in [1.29, 1.82) is 0 Å². The number of nitrogens with zero attached hydrogens (tertiary/aromatic N) is 2. The fourth-order valence-corrected chi connectivity index (χ4v) is 3.65. The van der Waals surface area contributed by atoms with Gasteiger partial charge in [0.1, 0.15) is 11.2 Å². The number of aromatic amines is 1. The van der Waals surface area contributed by atoms with Gasteiger partial charge in [0.05, 0.1) is 24.2 Å². The maximum absolute atomic E-state index is 13.0. The molecule has 8 nitrogen and oxygen atoms in total. The summed E-state index contributed by atoms with van der Waals surface area (Å²) in [4.78, 5) is 28.5. The number of ether oxygens (including phenoxy) is 2. The molecule has 0 unspecified atom stereocenters. The summed E-state index contributed by atoms with van der Waals surface area (Å²) in [5, 5.41) is 11.8. The average molecular weight is 345 g/mol. The van der Waals surface area contributed by atoms with Crippen LogP contribution in [0.25, 0.3) is 10.9 Å². The maximum atomic E-state index is 13.0. The summed E-state index contributed by atoms with van der Waals surface area (Å²) >= 11 is 0. The number of rotatable bonds is 3. The predicted octanol–water partition coefficient (Wildman–Crippen LogP) is 2.44. The molecule has 3 heterocycles. The van der Waals surface area contributed by atoms with E-state index in [2.05, 4.69) is 4.98 Å². The Labute approximate surface area is 143 Å². The summed E-state index contributed by atoms with van der Waals surface area (Å²) in [6.07, 6.45) is 2.39. The van der Waals surface area contributed by atoms with Crippen molar-refractivity contribution >= 4 is 22.5 Å². The van der Waals surface area contributed by atoms with Crippen LogP contribution < -0.4 is 0 Å². The van der Waals surface area contributed by atoms with Gasteiger partial charge >= 0.3 is 0 Å². The summed E-state index contributed by atoms with van der Waals surface area (Å²) < 4.78 is 11.2. The molecule has 1 aromatic carbocycles. The number of likely N-dealkylation sites (tertiary alicyclic amines) is 1.